The lowest BCUT2D eigenvalue weighted by atomic mass is 10.1. The van der Waals surface area contributed by atoms with Crippen molar-refractivity contribution in [3.8, 4) is 0 Å². The fourth-order valence-electron chi connectivity index (χ4n) is 3.66. The number of hydrogen-bond donors (Lipinski definition) is 0. The van der Waals surface area contributed by atoms with E-state index in [1.54, 1.807) is 35.6 Å². The summed E-state index contributed by atoms with van der Waals surface area (Å²) in [7, 11) is -3.31. The molecule has 2 heterocycles. The molecule has 1 aliphatic rings. The number of benzene rings is 2. The number of aryl methyl sites for hydroxylation is 1. The SMILES string of the molecule is Cc1ccc(S(=O)(=O)C2CCN(c3nc(Cc4ccc(F)c(Cl)c4)cs3)CC2)cc1. The van der Waals surface area contributed by atoms with E-state index in [0.717, 1.165) is 22.0 Å². The van der Waals surface area contributed by atoms with Crippen LogP contribution in [0.3, 0.4) is 0 Å². The average Bonchev–Trinajstić information content (AvgIpc) is 3.20. The number of piperidine rings is 1. The molecule has 0 unspecified atom stereocenters. The molecule has 0 spiro atoms. The smallest absolute Gasteiger partial charge is 0.185 e. The number of sulfone groups is 1. The number of hydrogen-bond acceptors (Lipinski definition) is 5. The molecule has 30 heavy (non-hydrogen) atoms. The number of rotatable bonds is 5. The van der Waals surface area contributed by atoms with Crippen LogP contribution in [0.15, 0.2) is 52.7 Å². The second kappa shape index (κ2) is 8.65. The Hall–Kier alpha value is -1.96. The summed E-state index contributed by atoms with van der Waals surface area (Å²) in [5.41, 5.74) is 2.85. The van der Waals surface area contributed by atoms with Gasteiger partial charge in [-0.3, -0.25) is 0 Å². The molecule has 1 aliphatic heterocycles. The lowest BCUT2D eigenvalue weighted by Gasteiger charge is -2.31. The first-order valence-electron chi connectivity index (χ1n) is 9.77. The topological polar surface area (TPSA) is 50.3 Å². The van der Waals surface area contributed by atoms with Crippen LogP contribution >= 0.6 is 22.9 Å². The lowest BCUT2D eigenvalue weighted by Crippen LogP contribution is -2.39. The summed E-state index contributed by atoms with van der Waals surface area (Å²) in [5.74, 6) is -0.428. The molecule has 0 amide bonds. The van der Waals surface area contributed by atoms with Crippen LogP contribution in [0.1, 0.15) is 29.7 Å². The van der Waals surface area contributed by atoms with Crippen molar-refractivity contribution < 1.29 is 12.8 Å². The van der Waals surface area contributed by atoms with Gasteiger partial charge in [0.2, 0.25) is 0 Å². The summed E-state index contributed by atoms with van der Waals surface area (Å²) >= 11 is 7.41. The maximum atomic E-state index is 13.3. The maximum Gasteiger partial charge on any atom is 0.185 e. The normalized spacial score (nSPS) is 15.5. The Labute approximate surface area is 185 Å². The Morgan fingerprint density at radius 3 is 2.53 bits per heavy atom. The van der Waals surface area contributed by atoms with E-state index in [4.69, 9.17) is 16.6 Å². The van der Waals surface area contributed by atoms with Gasteiger partial charge in [0.15, 0.2) is 15.0 Å². The highest BCUT2D eigenvalue weighted by Crippen LogP contribution is 2.30. The molecule has 0 atom stereocenters. The van der Waals surface area contributed by atoms with E-state index in [2.05, 4.69) is 4.90 Å². The van der Waals surface area contributed by atoms with Crippen LogP contribution in [0, 0.1) is 12.7 Å². The van der Waals surface area contributed by atoms with E-state index in [1.807, 2.05) is 24.4 Å². The minimum absolute atomic E-state index is 0.111. The zero-order valence-electron chi connectivity index (χ0n) is 16.5. The largest absolute Gasteiger partial charge is 0.348 e. The Bertz CT molecular complexity index is 1140. The van der Waals surface area contributed by atoms with Crippen molar-refractivity contribution >= 4 is 37.9 Å². The van der Waals surface area contributed by atoms with Gasteiger partial charge < -0.3 is 4.90 Å². The lowest BCUT2D eigenvalue weighted by molar-refractivity contribution is 0.529. The zero-order valence-corrected chi connectivity index (χ0v) is 18.9. The fourth-order valence-corrected chi connectivity index (χ4v) is 6.47. The molecular weight excluding hydrogens is 443 g/mol. The fraction of sp³-hybridized carbons (Fsp3) is 0.318. The minimum atomic E-state index is -3.31. The van der Waals surface area contributed by atoms with Crippen LogP contribution in [-0.4, -0.2) is 31.7 Å². The number of thiazole rings is 1. The summed E-state index contributed by atoms with van der Waals surface area (Å²) < 4.78 is 39.2. The Kier molecular flexibility index (Phi) is 6.14. The first-order valence-corrected chi connectivity index (χ1v) is 12.6. The van der Waals surface area contributed by atoms with Gasteiger partial charge in [-0.25, -0.2) is 17.8 Å². The van der Waals surface area contributed by atoms with Gasteiger partial charge in [-0.15, -0.1) is 11.3 Å². The average molecular weight is 465 g/mol. The summed E-state index contributed by atoms with van der Waals surface area (Å²) in [4.78, 5) is 7.24. The molecule has 1 fully saturated rings. The highest BCUT2D eigenvalue weighted by atomic mass is 35.5. The van der Waals surface area contributed by atoms with Crippen molar-refractivity contribution in [2.75, 3.05) is 18.0 Å². The summed E-state index contributed by atoms with van der Waals surface area (Å²) in [6.45, 7) is 3.26. The van der Waals surface area contributed by atoms with Crippen molar-refractivity contribution in [2.45, 2.75) is 36.3 Å². The van der Waals surface area contributed by atoms with Crippen molar-refractivity contribution in [3.05, 3.63) is 75.5 Å². The molecule has 3 aromatic rings. The molecule has 4 nitrogen and oxygen atoms in total. The molecule has 158 valence electrons. The van der Waals surface area contributed by atoms with Crippen LogP contribution in [0.4, 0.5) is 9.52 Å². The van der Waals surface area contributed by atoms with E-state index in [-0.39, 0.29) is 10.3 Å². The predicted octanol–water partition coefficient (Wildman–Crippen LogP) is 5.28. The van der Waals surface area contributed by atoms with Gasteiger partial charge in [0.1, 0.15) is 5.82 Å². The number of anilines is 1. The molecule has 0 N–H and O–H groups in total. The Morgan fingerprint density at radius 2 is 1.87 bits per heavy atom. The summed E-state index contributed by atoms with van der Waals surface area (Å²) in [6.07, 6.45) is 1.74. The first kappa shape index (κ1) is 21.3. The number of halogens is 2. The van der Waals surface area contributed by atoms with Gasteiger partial charge in [0.05, 0.1) is 20.9 Å². The molecule has 2 aromatic carbocycles. The molecule has 0 radical (unpaired) electrons. The van der Waals surface area contributed by atoms with E-state index >= 15 is 0 Å². The highest BCUT2D eigenvalue weighted by molar-refractivity contribution is 7.92. The molecule has 1 saturated heterocycles. The third-order valence-corrected chi connectivity index (χ3v) is 8.93. The van der Waals surface area contributed by atoms with E-state index in [9.17, 15) is 12.8 Å². The van der Waals surface area contributed by atoms with Gasteiger partial charge in [-0.1, -0.05) is 35.4 Å². The summed E-state index contributed by atoms with van der Waals surface area (Å²) in [6, 6.07) is 11.8. The highest BCUT2D eigenvalue weighted by Gasteiger charge is 2.32. The van der Waals surface area contributed by atoms with Crippen molar-refractivity contribution in [1.29, 1.82) is 0 Å². The van der Waals surface area contributed by atoms with E-state index < -0.39 is 15.7 Å². The second-order valence-corrected chi connectivity index (χ2v) is 11.1. The minimum Gasteiger partial charge on any atom is -0.348 e. The van der Waals surface area contributed by atoms with Gasteiger partial charge in [-0.05, 0) is 49.6 Å². The van der Waals surface area contributed by atoms with Gasteiger partial charge in [0.25, 0.3) is 0 Å². The molecule has 0 bridgehead atoms. The standard InChI is InChI=1S/C22H22ClFN2O2S2/c1-15-2-5-18(6-3-15)30(27,28)19-8-10-26(11-9-19)22-25-17(14-29-22)12-16-4-7-21(24)20(23)13-16/h2-7,13-14,19H,8-12H2,1H3. The maximum absolute atomic E-state index is 13.3. The number of aromatic nitrogens is 1. The van der Waals surface area contributed by atoms with Gasteiger partial charge in [-0.2, -0.15) is 0 Å². The van der Waals surface area contributed by atoms with Crippen molar-refractivity contribution in [2.24, 2.45) is 0 Å². The molecular formula is C22H22ClFN2O2S2. The van der Waals surface area contributed by atoms with E-state index in [1.165, 1.54) is 6.07 Å². The molecule has 0 aliphatic carbocycles. The molecule has 8 heteroatoms. The van der Waals surface area contributed by atoms with Crippen LogP contribution in [-0.2, 0) is 16.3 Å². The van der Waals surface area contributed by atoms with Crippen LogP contribution in [0.5, 0.6) is 0 Å². The second-order valence-electron chi connectivity index (χ2n) is 7.59. The molecule has 1 aromatic heterocycles. The first-order chi connectivity index (χ1) is 14.3. The Balaban J connectivity index is 1.40. The van der Waals surface area contributed by atoms with Crippen molar-refractivity contribution in [3.63, 3.8) is 0 Å². The van der Waals surface area contributed by atoms with Gasteiger partial charge >= 0.3 is 0 Å². The van der Waals surface area contributed by atoms with Crippen LogP contribution in [0.25, 0.3) is 0 Å². The van der Waals surface area contributed by atoms with Crippen molar-refractivity contribution in [1.82, 2.24) is 4.98 Å². The third kappa shape index (κ3) is 4.53. The third-order valence-electron chi connectivity index (χ3n) is 5.41. The van der Waals surface area contributed by atoms with Crippen LogP contribution < -0.4 is 4.90 Å². The van der Waals surface area contributed by atoms with E-state index in [0.29, 0.717) is 37.2 Å². The molecule has 4 rings (SSSR count). The van der Waals surface area contributed by atoms with Crippen LogP contribution in [0.2, 0.25) is 5.02 Å². The zero-order chi connectivity index (χ0) is 21.3. The summed E-state index contributed by atoms with van der Waals surface area (Å²) in [5, 5.41) is 2.63. The molecule has 0 saturated carbocycles. The predicted molar refractivity (Wildman–Crippen MR) is 120 cm³/mol. The monoisotopic (exact) mass is 464 g/mol. The van der Waals surface area contributed by atoms with Gasteiger partial charge in [0, 0.05) is 24.9 Å². The quantitative estimate of drug-likeness (QED) is 0.515. The number of nitrogens with zero attached hydrogens (tertiary/aromatic N) is 2. The Morgan fingerprint density at radius 1 is 1.17 bits per heavy atom.